The number of allylic oxidation sites excluding steroid dienone is 4. The van der Waals surface area contributed by atoms with Crippen LogP contribution in [0.25, 0.3) is 0 Å². The van der Waals surface area contributed by atoms with Gasteiger partial charge < -0.3 is 15.0 Å². The van der Waals surface area contributed by atoms with Crippen molar-refractivity contribution in [2.24, 2.45) is 10.8 Å². The summed E-state index contributed by atoms with van der Waals surface area (Å²) in [7, 11) is 0. The summed E-state index contributed by atoms with van der Waals surface area (Å²) >= 11 is 7.32. The third-order valence-electron chi connectivity index (χ3n) is 8.58. The number of rotatable bonds is 7. The van der Waals surface area contributed by atoms with E-state index in [0.717, 1.165) is 52.9 Å². The van der Waals surface area contributed by atoms with Crippen molar-refractivity contribution in [2.45, 2.75) is 79.6 Å². The highest BCUT2D eigenvalue weighted by Crippen LogP contribution is 2.56. The van der Waals surface area contributed by atoms with Crippen LogP contribution in [-0.2, 0) is 14.4 Å². The third kappa shape index (κ3) is 6.41. The summed E-state index contributed by atoms with van der Waals surface area (Å²) in [5.41, 5.74) is 5.45. The van der Waals surface area contributed by atoms with E-state index in [4.69, 9.17) is 4.74 Å². The predicted octanol–water partition coefficient (Wildman–Crippen LogP) is 8.63. The van der Waals surface area contributed by atoms with Gasteiger partial charge in [0.1, 0.15) is 5.75 Å². The van der Waals surface area contributed by atoms with Crippen molar-refractivity contribution in [3.8, 4) is 5.75 Å². The van der Waals surface area contributed by atoms with Crippen molar-refractivity contribution < 1.29 is 19.1 Å². The smallest absolute Gasteiger partial charge is 0.262 e. The number of anilines is 1. The van der Waals surface area contributed by atoms with Gasteiger partial charge in [-0.3, -0.25) is 14.4 Å². The van der Waals surface area contributed by atoms with Gasteiger partial charge in [-0.25, -0.2) is 0 Å². The molecule has 1 aliphatic heterocycles. The molecular weight excluding hydrogens is 672 g/mol. The number of nitrogens with zero attached hydrogens (tertiary/aromatic N) is 1. The molecule has 0 aromatic heterocycles. The van der Waals surface area contributed by atoms with Crippen LogP contribution in [0.5, 0.6) is 5.75 Å². The molecule has 2 aliphatic carbocycles. The molecule has 3 aliphatic rings. The summed E-state index contributed by atoms with van der Waals surface area (Å²) in [5, 5.41) is 2.93. The quantitative estimate of drug-likeness (QED) is 0.311. The van der Waals surface area contributed by atoms with Gasteiger partial charge in [0.2, 0.25) is 0 Å². The number of amides is 1. The van der Waals surface area contributed by atoms with Crippen molar-refractivity contribution >= 4 is 55.0 Å². The molecule has 0 spiro atoms. The maximum atomic E-state index is 14.1. The van der Waals surface area contributed by atoms with Crippen LogP contribution >= 0.6 is 31.9 Å². The molecule has 228 valence electrons. The van der Waals surface area contributed by atoms with Crippen molar-refractivity contribution in [3.05, 3.63) is 79.0 Å². The number of carbonyl (C=O) groups is 3. The van der Waals surface area contributed by atoms with E-state index in [-0.39, 0.29) is 34.9 Å². The van der Waals surface area contributed by atoms with Gasteiger partial charge in [0.25, 0.3) is 5.91 Å². The summed E-state index contributed by atoms with van der Waals surface area (Å²) in [6.45, 7) is 13.2. The number of hydrogen-bond donors (Lipinski definition) is 1. The first-order valence-electron chi connectivity index (χ1n) is 15.0. The van der Waals surface area contributed by atoms with Crippen molar-refractivity contribution in [3.63, 3.8) is 0 Å². The Balaban J connectivity index is 1.64. The number of Topliss-reactive ketones (excluding diaryl/α,β-unsaturated/α-hetero) is 2. The summed E-state index contributed by atoms with van der Waals surface area (Å²) in [6, 6.07) is 11.4. The van der Waals surface area contributed by atoms with Gasteiger partial charge in [0, 0.05) is 63.6 Å². The maximum Gasteiger partial charge on any atom is 0.262 e. The van der Waals surface area contributed by atoms with Gasteiger partial charge in [-0.05, 0) is 76.7 Å². The van der Waals surface area contributed by atoms with E-state index in [1.54, 1.807) is 0 Å². The lowest BCUT2D eigenvalue weighted by atomic mass is 9.63. The molecule has 0 atom stereocenters. The van der Waals surface area contributed by atoms with Crippen LogP contribution in [0, 0.1) is 17.8 Å². The van der Waals surface area contributed by atoms with E-state index in [1.807, 2.05) is 43.3 Å². The lowest BCUT2D eigenvalue weighted by Gasteiger charge is -2.49. The molecule has 2 aromatic rings. The van der Waals surface area contributed by atoms with Gasteiger partial charge in [0.05, 0.1) is 4.47 Å². The van der Waals surface area contributed by atoms with E-state index in [0.29, 0.717) is 39.8 Å². The number of benzene rings is 2. The Morgan fingerprint density at radius 1 is 0.953 bits per heavy atom. The van der Waals surface area contributed by atoms with Gasteiger partial charge in [-0.2, -0.15) is 0 Å². The minimum atomic E-state index is -0.575. The number of carbonyl (C=O) groups excluding carboxylic acids is 3. The largest absolute Gasteiger partial charge is 0.482 e. The van der Waals surface area contributed by atoms with Crippen LogP contribution < -0.4 is 10.1 Å². The highest BCUT2D eigenvalue weighted by Gasteiger charge is 2.49. The number of nitrogens with one attached hydrogen (secondary N) is 1. The van der Waals surface area contributed by atoms with E-state index in [2.05, 4.69) is 76.7 Å². The first-order valence-corrected chi connectivity index (χ1v) is 16.6. The van der Waals surface area contributed by atoms with Gasteiger partial charge >= 0.3 is 0 Å². The Labute approximate surface area is 271 Å². The summed E-state index contributed by atoms with van der Waals surface area (Å²) in [6.07, 6.45) is 3.22. The lowest BCUT2D eigenvalue weighted by molar-refractivity contribution is -0.120. The second kappa shape index (κ2) is 12.0. The molecule has 0 saturated heterocycles. The fraction of sp³-hybridized carbons (Fsp3) is 0.457. The van der Waals surface area contributed by atoms with Crippen molar-refractivity contribution in [2.75, 3.05) is 18.5 Å². The molecule has 1 heterocycles. The minimum Gasteiger partial charge on any atom is -0.482 e. The predicted molar refractivity (Wildman–Crippen MR) is 177 cm³/mol. The van der Waals surface area contributed by atoms with Gasteiger partial charge in [-0.15, -0.1) is 0 Å². The second-order valence-electron chi connectivity index (χ2n) is 13.6. The number of ether oxygens (including phenoxy) is 1. The molecule has 43 heavy (non-hydrogen) atoms. The molecule has 5 rings (SSSR count). The van der Waals surface area contributed by atoms with Gasteiger partial charge in [-0.1, -0.05) is 68.7 Å². The fourth-order valence-electron chi connectivity index (χ4n) is 6.84. The van der Waals surface area contributed by atoms with E-state index >= 15 is 0 Å². The second-order valence-corrected chi connectivity index (χ2v) is 15.4. The van der Waals surface area contributed by atoms with Crippen LogP contribution in [-0.4, -0.2) is 35.5 Å². The molecule has 0 unspecified atom stereocenters. The molecule has 0 radical (unpaired) electrons. The molecule has 2 aromatic carbocycles. The average Bonchev–Trinajstić information content (AvgIpc) is 2.88. The number of ketones is 2. The maximum absolute atomic E-state index is 14.1. The molecule has 0 fully saturated rings. The summed E-state index contributed by atoms with van der Waals surface area (Å²) < 4.78 is 7.71. The molecular formula is C35H40Br2N2O4. The van der Waals surface area contributed by atoms with Gasteiger partial charge in [0.15, 0.2) is 18.2 Å². The highest BCUT2D eigenvalue weighted by molar-refractivity contribution is 9.11. The van der Waals surface area contributed by atoms with E-state index in [9.17, 15) is 14.4 Å². The molecule has 0 saturated carbocycles. The van der Waals surface area contributed by atoms with Crippen molar-refractivity contribution in [1.82, 2.24) is 4.90 Å². The minimum absolute atomic E-state index is 0.0703. The zero-order chi connectivity index (χ0) is 31.3. The van der Waals surface area contributed by atoms with Crippen molar-refractivity contribution in [1.29, 1.82) is 0 Å². The topological polar surface area (TPSA) is 75.7 Å². The molecule has 0 bridgehead atoms. The molecule has 1 N–H and O–H groups in total. The Kier molecular flexibility index (Phi) is 8.85. The summed E-state index contributed by atoms with van der Waals surface area (Å²) in [5.74, 6) is -0.264. The highest BCUT2D eigenvalue weighted by atomic mass is 79.9. The standard InChI is InChI=1S/C35H40Br2N2O4/c1-7-12-39-25-15-34(3,4)17-27(40)31(25)30(32-26(39)16-35(5,6)18-28(32)41)22-13-21(36)14-23(37)33(22)43-19-29(42)38-24-11-9-8-10-20(24)2/h8-11,13-14,30H,7,12,15-19H2,1-6H3,(H,38,42). The Morgan fingerprint density at radius 3 is 2.09 bits per heavy atom. The number of para-hydroxylation sites is 1. The summed E-state index contributed by atoms with van der Waals surface area (Å²) in [4.78, 5) is 43.6. The normalized spacial score (nSPS) is 19.8. The monoisotopic (exact) mass is 710 g/mol. The number of hydrogen-bond acceptors (Lipinski definition) is 5. The first-order chi connectivity index (χ1) is 20.2. The van der Waals surface area contributed by atoms with Crippen LogP contribution in [0.2, 0.25) is 0 Å². The molecule has 8 heteroatoms. The Hall–Kier alpha value is -2.71. The molecule has 6 nitrogen and oxygen atoms in total. The van der Waals surface area contributed by atoms with Crippen LogP contribution in [0.1, 0.15) is 83.8 Å². The third-order valence-corrected chi connectivity index (χ3v) is 9.63. The number of halogens is 2. The van der Waals surface area contributed by atoms with Crippen LogP contribution in [0.3, 0.4) is 0 Å². The zero-order valence-corrected chi connectivity index (χ0v) is 29.0. The van der Waals surface area contributed by atoms with E-state index < -0.39 is 5.92 Å². The van der Waals surface area contributed by atoms with Crippen LogP contribution in [0.15, 0.2) is 67.9 Å². The fourth-order valence-corrected chi connectivity index (χ4v) is 8.21. The first kappa shape index (κ1) is 31.7. The zero-order valence-electron chi connectivity index (χ0n) is 25.8. The Morgan fingerprint density at radius 2 is 1.53 bits per heavy atom. The van der Waals surface area contributed by atoms with E-state index in [1.165, 1.54) is 0 Å². The Bertz CT molecular complexity index is 1520. The number of aryl methyl sites for hydroxylation is 1. The molecule has 1 amide bonds. The lowest BCUT2D eigenvalue weighted by Crippen LogP contribution is -2.44. The van der Waals surface area contributed by atoms with Crippen LogP contribution in [0.4, 0.5) is 5.69 Å². The SMILES string of the molecule is CCCN1C2=C(C(=O)CC(C)(C)C2)C(c2cc(Br)cc(Br)c2OCC(=O)Nc2ccccc2C)C2=C1CC(C)(C)CC2=O. The average molecular weight is 713 g/mol.